The van der Waals surface area contributed by atoms with Crippen molar-refractivity contribution in [3.8, 4) is 11.5 Å². The molecule has 0 aliphatic carbocycles. The van der Waals surface area contributed by atoms with E-state index in [0.717, 1.165) is 20.7 Å². The van der Waals surface area contributed by atoms with Crippen molar-refractivity contribution in [1.29, 1.82) is 0 Å². The molecule has 4 rings (SSSR count). The zero-order valence-electron chi connectivity index (χ0n) is 17.7. The van der Waals surface area contributed by atoms with Gasteiger partial charge in [-0.25, -0.2) is 9.78 Å². The number of benzene rings is 1. The molecule has 1 aliphatic rings. The van der Waals surface area contributed by atoms with Crippen LogP contribution < -0.4 is 14.8 Å². The number of esters is 1. The highest BCUT2D eigenvalue weighted by Gasteiger charge is 2.30. The predicted molar refractivity (Wildman–Crippen MR) is 121 cm³/mol. The largest absolute Gasteiger partial charge is 0.497 e. The second-order valence-corrected chi connectivity index (χ2v) is 9.08. The van der Waals surface area contributed by atoms with Crippen molar-refractivity contribution in [3.05, 3.63) is 28.1 Å². The lowest BCUT2D eigenvalue weighted by atomic mass is 10.0. The Morgan fingerprint density at radius 2 is 2.03 bits per heavy atom. The first-order chi connectivity index (χ1) is 14.9. The highest BCUT2D eigenvalue weighted by atomic mass is 32.1. The first-order valence-electron chi connectivity index (χ1n) is 9.81. The number of anilines is 2. The number of aromatic nitrogens is 1. The first-order valence-corrected chi connectivity index (χ1v) is 11.4. The van der Waals surface area contributed by atoms with Crippen LogP contribution in [0.1, 0.15) is 34.6 Å². The van der Waals surface area contributed by atoms with Crippen LogP contribution in [0.2, 0.25) is 0 Å². The van der Waals surface area contributed by atoms with E-state index < -0.39 is 0 Å². The average molecular weight is 462 g/mol. The van der Waals surface area contributed by atoms with Gasteiger partial charge in [0, 0.05) is 24.4 Å². The SMILES string of the molecule is CCOC(=O)c1c(Nc2nc3c(OC)cc(OC)cc3s2)sc2c1CCN(C(C)=O)C2. The molecule has 2 aromatic heterocycles. The standard InChI is InChI=1S/C21H23N3O5S2/c1-5-29-20(26)17-13-6-7-24(11(2)25)10-16(13)30-19(17)23-21-22-18-14(28-4)8-12(27-3)9-15(18)31-21/h8-9H,5-7,10H2,1-4H3,(H,22,23). The van der Waals surface area contributed by atoms with E-state index >= 15 is 0 Å². The molecule has 31 heavy (non-hydrogen) atoms. The van der Waals surface area contributed by atoms with Crippen LogP contribution in [0.5, 0.6) is 11.5 Å². The number of thiophene rings is 1. The van der Waals surface area contributed by atoms with Crippen LogP contribution in [0.4, 0.5) is 10.1 Å². The van der Waals surface area contributed by atoms with Crippen molar-refractivity contribution in [2.75, 3.05) is 32.7 Å². The number of fused-ring (bicyclic) bond motifs is 2. The van der Waals surface area contributed by atoms with E-state index in [4.69, 9.17) is 14.2 Å². The Bertz CT molecular complexity index is 1150. The van der Waals surface area contributed by atoms with E-state index in [1.807, 2.05) is 6.07 Å². The number of carbonyl (C=O) groups is 2. The van der Waals surface area contributed by atoms with Gasteiger partial charge >= 0.3 is 5.97 Å². The maximum absolute atomic E-state index is 12.8. The quantitative estimate of drug-likeness (QED) is 0.550. The number of thiazole rings is 1. The molecule has 3 aromatic rings. The van der Waals surface area contributed by atoms with E-state index in [1.54, 1.807) is 39.0 Å². The lowest BCUT2D eigenvalue weighted by molar-refractivity contribution is -0.129. The Morgan fingerprint density at radius 3 is 2.71 bits per heavy atom. The highest BCUT2D eigenvalue weighted by Crippen LogP contribution is 2.42. The summed E-state index contributed by atoms with van der Waals surface area (Å²) >= 11 is 2.91. The molecule has 10 heteroatoms. The second-order valence-electron chi connectivity index (χ2n) is 6.94. The predicted octanol–water partition coefficient (Wildman–Crippen LogP) is 4.20. The van der Waals surface area contributed by atoms with Crippen molar-refractivity contribution < 1.29 is 23.8 Å². The van der Waals surface area contributed by atoms with Gasteiger partial charge in [0.15, 0.2) is 5.13 Å². The van der Waals surface area contributed by atoms with Crippen LogP contribution >= 0.6 is 22.7 Å². The fourth-order valence-electron chi connectivity index (χ4n) is 3.58. The zero-order chi connectivity index (χ0) is 22.1. The summed E-state index contributed by atoms with van der Waals surface area (Å²) in [5.41, 5.74) is 2.20. The number of nitrogens with one attached hydrogen (secondary N) is 1. The highest BCUT2D eigenvalue weighted by molar-refractivity contribution is 7.23. The maximum Gasteiger partial charge on any atom is 0.341 e. The summed E-state index contributed by atoms with van der Waals surface area (Å²) in [4.78, 5) is 32.0. The molecular weight excluding hydrogens is 438 g/mol. The van der Waals surface area contributed by atoms with E-state index in [2.05, 4.69) is 10.3 Å². The Morgan fingerprint density at radius 1 is 1.23 bits per heavy atom. The van der Waals surface area contributed by atoms with Gasteiger partial charge < -0.3 is 24.4 Å². The summed E-state index contributed by atoms with van der Waals surface area (Å²) < 4.78 is 17.0. The van der Waals surface area contributed by atoms with Gasteiger partial charge in [-0.1, -0.05) is 11.3 Å². The number of carbonyl (C=O) groups excluding carboxylic acids is 2. The van der Waals surface area contributed by atoms with Crippen molar-refractivity contribution >= 4 is 54.9 Å². The molecule has 0 spiro atoms. The molecule has 0 radical (unpaired) electrons. The molecule has 3 heterocycles. The Labute approximate surface area is 187 Å². The Balaban J connectivity index is 1.74. The van der Waals surface area contributed by atoms with Crippen LogP contribution in [0, 0.1) is 0 Å². The second kappa shape index (κ2) is 8.72. The van der Waals surface area contributed by atoms with Crippen LogP contribution in [-0.2, 0) is 22.5 Å². The van der Waals surface area contributed by atoms with Crippen LogP contribution in [-0.4, -0.2) is 49.1 Å². The molecule has 1 aliphatic heterocycles. The van der Waals surface area contributed by atoms with Crippen LogP contribution in [0.3, 0.4) is 0 Å². The van der Waals surface area contributed by atoms with Gasteiger partial charge in [0.25, 0.3) is 0 Å². The molecule has 0 unspecified atom stereocenters. The Hall–Kier alpha value is -2.85. The number of hydrogen-bond acceptors (Lipinski definition) is 9. The third-order valence-electron chi connectivity index (χ3n) is 5.09. The van der Waals surface area contributed by atoms with Crippen molar-refractivity contribution in [3.63, 3.8) is 0 Å². The summed E-state index contributed by atoms with van der Waals surface area (Å²) in [6, 6.07) is 3.69. The molecule has 1 aromatic carbocycles. The fraction of sp³-hybridized carbons (Fsp3) is 0.381. The normalized spacial score (nSPS) is 13.1. The minimum Gasteiger partial charge on any atom is -0.497 e. The Kier molecular flexibility index (Phi) is 6.01. The minimum atomic E-state index is -0.362. The number of nitrogens with zero attached hydrogens (tertiary/aromatic N) is 2. The summed E-state index contributed by atoms with van der Waals surface area (Å²) in [6.07, 6.45) is 0.617. The van der Waals surface area contributed by atoms with E-state index in [0.29, 0.717) is 53.3 Å². The van der Waals surface area contributed by atoms with Gasteiger partial charge in [0.05, 0.1) is 37.6 Å². The topological polar surface area (TPSA) is 90.0 Å². The van der Waals surface area contributed by atoms with Crippen molar-refractivity contribution in [2.45, 2.75) is 26.8 Å². The number of methoxy groups -OCH3 is 2. The third-order valence-corrected chi connectivity index (χ3v) is 7.14. The van der Waals surface area contributed by atoms with E-state index in [1.165, 1.54) is 22.7 Å². The van der Waals surface area contributed by atoms with Crippen molar-refractivity contribution in [1.82, 2.24) is 9.88 Å². The number of amides is 1. The lowest BCUT2D eigenvalue weighted by Gasteiger charge is -2.25. The summed E-state index contributed by atoms with van der Waals surface area (Å²) in [5.74, 6) is 0.965. The number of hydrogen-bond donors (Lipinski definition) is 1. The molecule has 164 valence electrons. The van der Waals surface area contributed by atoms with Gasteiger partial charge in [-0.15, -0.1) is 11.3 Å². The van der Waals surface area contributed by atoms with Gasteiger partial charge in [-0.2, -0.15) is 0 Å². The minimum absolute atomic E-state index is 0.0264. The molecule has 0 bridgehead atoms. The van der Waals surface area contributed by atoms with E-state index in [9.17, 15) is 9.59 Å². The summed E-state index contributed by atoms with van der Waals surface area (Å²) in [7, 11) is 3.19. The molecule has 0 fully saturated rings. The van der Waals surface area contributed by atoms with Gasteiger partial charge in [0.1, 0.15) is 22.0 Å². The van der Waals surface area contributed by atoms with E-state index in [-0.39, 0.29) is 11.9 Å². The fourth-order valence-corrected chi connectivity index (χ4v) is 5.81. The monoisotopic (exact) mass is 461 g/mol. The van der Waals surface area contributed by atoms with Gasteiger partial charge in [-0.3, -0.25) is 4.79 Å². The average Bonchev–Trinajstić information content (AvgIpc) is 3.32. The van der Waals surface area contributed by atoms with Crippen molar-refractivity contribution in [2.24, 2.45) is 0 Å². The molecule has 1 amide bonds. The smallest absolute Gasteiger partial charge is 0.341 e. The number of rotatable bonds is 6. The molecular formula is C21H23N3O5S2. The first kappa shape index (κ1) is 21.4. The van der Waals surface area contributed by atoms with Gasteiger partial charge in [0.2, 0.25) is 5.91 Å². The lowest BCUT2D eigenvalue weighted by Crippen LogP contribution is -2.33. The molecule has 1 N–H and O–H groups in total. The summed E-state index contributed by atoms with van der Waals surface area (Å²) in [6.45, 7) is 4.72. The van der Waals surface area contributed by atoms with Crippen LogP contribution in [0.25, 0.3) is 10.2 Å². The zero-order valence-corrected chi connectivity index (χ0v) is 19.4. The molecule has 0 saturated heterocycles. The summed E-state index contributed by atoms with van der Waals surface area (Å²) in [5, 5.41) is 4.63. The molecule has 0 atom stereocenters. The van der Waals surface area contributed by atoms with Gasteiger partial charge in [-0.05, 0) is 25.0 Å². The van der Waals surface area contributed by atoms with Crippen LogP contribution in [0.15, 0.2) is 12.1 Å². The number of ether oxygens (including phenoxy) is 3. The maximum atomic E-state index is 12.8. The third kappa shape index (κ3) is 4.05. The molecule has 8 nitrogen and oxygen atoms in total. The molecule has 0 saturated carbocycles.